The highest BCUT2D eigenvalue weighted by atomic mass is 16.5. The number of nitrogens with one attached hydrogen (secondary N) is 1. The Hall–Kier alpha value is -0.200. The Morgan fingerprint density at radius 3 is 2.37 bits per heavy atom. The molecule has 0 saturated heterocycles. The molecule has 114 valence electrons. The molecule has 1 fully saturated rings. The SMILES string of the molecule is COCCCOCCOCCC(C)(CO)NC1CC1. The molecule has 1 unspecified atom stereocenters. The van der Waals surface area contributed by atoms with Gasteiger partial charge in [0.05, 0.1) is 19.8 Å². The maximum atomic E-state index is 9.43. The van der Waals surface area contributed by atoms with Crippen molar-refractivity contribution < 1.29 is 19.3 Å². The first kappa shape index (κ1) is 16.9. The Morgan fingerprint density at radius 2 is 1.79 bits per heavy atom. The number of hydrogen-bond acceptors (Lipinski definition) is 5. The number of hydrogen-bond donors (Lipinski definition) is 2. The van der Waals surface area contributed by atoms with E-state index in [1.165, 1.54) is 12.8 Å². The maximum absolute atomic E-state index is 9.43. The smallest absolute Gasteiger partial charge is 0.0700 e. The largest absolute Gasteiger partial charge is 0.394 e. The van der Waals surface area contributed by atoms with E-state index >= 15 is 0 Å². The first-order valence-corrected chi connectivity index (χ1v) is 7.23. The molecule has 5 heteroatoms. The van der Waals surface area contributed by atoms with Crippen LogP contribution in [0.3, 0.4) is 0 Å². The van der Waals surface area contributed by atoms with Crippen LogP contribution in [0.25, 0.3) is 0 Å². The third-order valence-electron chi connectivity index (χ3n) is 3.29. The van der Waals surface area contributed by atoms with Crippen LogP contribution >= 0.6 is 0 Å². The van der Waals surface area contributed by atoms with E-state index in [2.05, 4.69) is 12.2 Å². The fourth-order valence-electron chi connectivity index (χ4n) is 1.84. The number of rotatable bonds is 13. The quantitative estimate of drug-likeness (QED) is 0.490. The Kier molecular flexibility index (Phi) is 8.57. The van der Waals surface area contributed by atoms with E-state index in [-0.39, 0.29) is 12.1 Å². The van der Waals surface area contributed by atoms with Crippen molar-refractivity contribution in [3.05, 3.63) is 0 Å². The Bertz CT molecular complexity index is 223. The lowest BCUT2D eigenvalue weighted by Crippen LogP contribution is -2.47. The molecule has 5 nitrogen and oxygen atoms in total. The highest BCUT2D eigenvalue weighted by Gasteiger charge is 2.31. The van der Waals surface area contributed by atoms with E-state index in [0.29, 0.717) is 25.9 Å². The van der Waals surface area contributed by atoms with Crippen molar-refractivity contribution in [2.75, 3.05) is 46.8 Å². The molecule has 0 aromatic carbocycles. The van der Waals surface area contributed by atoms with E-state index in [4.69, 9.17) is 14.2 Å². The Morgan fingerprint density at radius 1 is 1.11 bits per heavy atom. The zero-order chi connectivity index (χ0) is 14.0. The van der Waals surface area contributed by atoms with Crippen LogP contribution in [0.4, 0.5) is 0 Å². The van der Waals surface area contributed by atoms with Crippen molar-refractivity contribution in [1.29, 1.82) is 0 Å². The molecular weight excluding hydrogens is 246 g/mol. The van der Waals surface area contributed by atoms with Gasteiger partial charge in [0.2, 0.25) is 0 Å². The van der Waals surface area contributed by atoms with Crippen LogP contribution in [0.5, 0.6) is 0 Å². The van der Waals surface area contributed by atoms with Gasteiger partial charge in [-0.05, 0) is 32.6 Å². The van der Waals surface area contributed by atoms with Crippen LogP contribution in [0.2, 0.25) is 0 Å². The summed E-state index contributed by atoms with van der Waals surface area (Å²) in [5, 5.41) is 12.9. The summed E-state index contributed by atoms with van der Waals surface area (Å²) >= 11 is 0. The van der Waals surface area contributed by atoms with Crippen molar-refractivity contribution in [2.24, 2.45) is 0 Å². The first-order chi connectivity index (χ1) is 9.20. The van der Waals surface area contributed by atoms with Gasteiger partial charge in [-0.1, -0.05) is 0 Å². The van der Waals surface area contributed by atoms with Crippen molar-refractivity contribution >= 4 is 0 Å². The van der Waals surface area contributed by atoms with Crippen molar-refractivity contribution in [1.82, 2.24) is 5.32 Å². The molecule has 0 bridgehead atoms. The molecular formula is C14H29NO4. The van der Waals surface area contributed by atoms with E-state index in [0.717, 1.165) is 26.1 Å². The summed E-state index contributed by atoms with van der Waals surface area (Å²) in [6, 6.07) is 0.598. The van der Waals surface area contributed by atoms with Crippen LogP contribution in [-0.2, 0) is 14.2 Å². The van der Waals surface area contributed by atoms with Crippen LogP contribution in [0, 0.1) is 0 Å². The van der Waals surface area contributed by atoms with Gasteiger partial charge in [-0.3, -0.25) is 0 Å². The summed E-state index contributed by atoms with van der Waals surface area (Å²) in [7, 11) is 1.69. The van der Waals surface area contributed by atoms with Crippen molar-refractivity contribution in [3.63, 3.8) is 0 Å². The topological polar surface area (TPSA) is 60.0 Å². The van der Waals surface area contributed by atoms with E-state index < -0.39 is 0 Å². The molecule has 0 aromatic rings. The van der Waals surface area contributed by atoms with Gasteiger partial charge in [0, 0.05) is 38.5 Å². The number of aliphatic hydroxyl groups excluding tert-OH is 1. The second kappa shape index (κ2) is 9.66. The van der Waals surface area contributed by atoms with E-state index in [1.54, 1.807) is 7.11 Å². The predicted octanol–water partition coefficient (Wildman–Crippen LogP) is 0.949. The van der Waals surface area contributed by atoms with Crippen LogP contribution in [0.1, 0.15) is 32.6 Å². The van der Waals surface area contributed by atoms with Gasteiger partial charge in [-0.15, -0.1) is 0 Å². The van der Waals surface area contributed by atoms with Crippen LogP contribution in [0.15, 0.2) is 0 Å². The standard InChI is InChI=1S/C14H29NO4/c1-14(12-16,15-13-4-5-13)6-9-19-11-10-18-8-3-7-17-2/h13,15-16H,3-12H2,1-2H3. The van der Waals surface area contributed by atoms with Crippen molar-refractivity contribution in [2.45, 2.75) is 44.2 Å². The first-order valence-electron chi connectivity index (χ1n) is 7.23. The summed E-state index contributed by atoms with van der Waals surface area (Å²) in [6.45, 7) is 5.54. The van der Waals surface area contributed by atoms with E-state index in [9.17, 15) is 5.11 Å². The number of methoxy groups -OCH3 is 1. The Labute approximate surface area is 116 Å². The van der Waals surface area contributed by atoms with Gasteiger partial charge < -0.3 is 24.6 Å². The zero-order valence-corrected chi connectivity index (χ0v) is 12.3. The fourth-order valence-corrected chi connectivity index (χ4v) is 1.84. The Balaban J connectivity index is 1.90. The van der Waals surface area contributed by atoms with Gasteiger partial charge >= 0.3 is 0 Å². The number of ether oxygens (including phenoxy) is 3. The molecule has 0 aliphatic heterocycles. The second-order valence-electron chi connectivity index (χ2n) is 5.46. The van der Waals surface area contributed by atoms with Crippen molar-refractivity contribution in [3.8, 4) is 0 Å². The molecule has 0 aromatic heterocycles. The van der Waals surface area contributed by atoms with Gasteiger partial charge in [0.25, 0.3) is 0 Å². The van der Waals surface area contributed by atoms with Gasteiger partial charge in [0.1, 0.15) is 0 Å². The molecule has 1 atom stereocenters. The molecule has 19 heavy (non-hydrogen) atoms. The fraction of sp³-hybridized carbons (Fsp3) is 1.00. The summed E-state index contributed by atoms with van der Waals surface area (Å²) in [4.78, 5) is 0. The summed E-state index contributed by atoms with van der Waals surface area (Å²) < 4.78 is 15.9. The maximum Gasteiger partial charge on any atom is 0.0700 e. The minimum atomic E-state index is -0.208. The second-order valence-corrected chi connectivity index (χ2v) is 5.46. The van der Waals surface area contributed by atoms with Crippen LogP contribution in [-0.4, -0.2) is 63.4 Å². The summed E-state index contributed by atoms with van der Waals surface area (Å²) in [6.07, 6.45) is 4.20. The average Bonchev–Trinajstić information content (AvgIpc) is 3.20. The lowest BCUT2D eigenvalue weighted by atomic mass is 9.99. The third-order valence-corrected chi connectivity index (χ3v) is 3.29. The zero-order valence-electron chi connectivity index (χ0n) is 12.3. The molecule has 1 rings (SSSR count). The summed E-state index contributed by atoms with van der Waals surface area (Å²) in [5.74, 6) is 0. The predicted molar refractivity (Wildman–Crippen MR) is 74.4 cm³/mol. The molecule has 2 N–H and O–H groups in total. The molecule has 1 aliphatic rings. The van der Waals surface area contributed by atoms with Gasteiger partial charge in [-0.2, -0.15) is 0 Å². The normalized spacial score (nSPS) is 18.5. The average molecular weight is 275 g/mol. The summed E-state index contributed by atoms with van der Waals surface area (Å²) in [5.41, 5.74) is -0.208. The number of aliphatic hydroxyl groups is 1. The lowest BCUT2D eigenvalue weighted by molar-refractivity contribution is 0.0285. The third kappa shape index (κ3) is 8.55. The minimum absolute atomic E-state index is 0.153. The molecule has 0 amide bonds. The molecule has 0 heterocycles. The molecule has 1 saturated carbocycles. The highest BCUT2D eigenvalue weighted by Crippen LogP contribution is 2.23. The monoisotopic (exact) mass is 275 g/mol. The minimum Gasteiger partial charge on any atom is -0.394 e. The lowest BCUT2D eigenvalue weighted by Gasteiger charge is -2.28. The van der Waals surface area contributed by atoms with E-state index in [1.807, 2.05) is 0 Å². The molecule has 1 aliphatic carbocycles. The van der Waals surface area contributed by atoms with Gasteiger partial charge in [-0.25, -0.2) is 0 Å². The molecule has 0 radical (unpaired) electrons. The van der Waals surface area contributed by atoms with Crippen LogP contribution < -0.4 is 5.32 Å². The highest BCUT2D eigenvalue weighted by molar-refractivity contribution is 4.92. The molecule has 0 spiro atoms. The van der Waals surface area contributed by atoms with Gasteiger partial charge in [0.15, 0.2) is 0 Å².